The maximum absolute atomic E-state index is 3.48. The summed E-state index contributed by atoms with van der Waals surface area (Å²) in [5.41, 5.74) is 0.340. The minimum atomic E-state index is 0.340. The number of nitrogens with zero attached hydrogens (tertiary/aromatic N) is 1. The number of hydrogen-bond donors (Lipinski definition) is 2. The Kier molecular flexibility index (Phi) is 4.56. The molecule has 0 bridgehead atoms. The Balaban J connectivity index is 2.50. The Morgan fingerprint density at radius 1 is 1.47 bits per heavy atom. The van der Waals surface area contributed by atoms with Crippen LogP contribution in [0.2, 0.25) is 0 Å². The molecule has 0 aromatic heterocycles. The van der Waals surface area contributed by atoms with Gasteiger partial charge in [0.1, 0.15) is 0 Å². The second kappa shape index (κ2) is 5.28. The molecule has 1 rings (SSSR count). The van der Waals surface area contributed by atoms with Gasteiger partial charge in [0.15, 0.2) is 0 Å². The van der Waals surface area contributed by atoms with E-state index in [-0.39, 0.29) is 0 Å². The molecule has 0 aromatic rings. The fourth-order valence-corrected chi connectivity index (χ4v) is 2.30. The molecule has 1 heterocycles. The monoisotopic (exact) mass is 213 g/mol. The Labute approximate surface area is 94.6 Å². The minimum Gasteiger partial charge on any atom is -0.316 e. The first-order valence-electron chi connectivity index (χ1n) is 6.03. The number of likely N-dealkylation sites (N-methyl/N-ethyl adjacent to an activating group) is 1. The van der Waals surface area contributed by atoms with E-state index in [1.54, 1.807) is 0 Å². The predicted molar refractivity (Wildman–Crippen MR) is 66.2 cm³/mol. The Hall–Kier alpha value is -0.120. The molecule has 15 heavy (non-hydrogen) atoms. The van der Waals surface area contributed by atoms with Crippen LogP contribution in [-0.2, 0) is 0 Å². The van der Waals surface area contributed by atoms with Gasteiger partial charge in [0.25, 0.3) is 0 Å². The van der Waals surface area contributed by atoms with Gasteiger partial charge in [-0.3, -0.25) is 0 Å². The van der Waals surface area contributed by atoms with E-state index in [9.17, 15) is 0 Å². The minimum absolute atomic E-state index is 0.340. The van der Waals surface area contributed by atoms with Crippen molar-refractivity contribution in [1.82, 2.24) is 15.5 Å². The zero-order chi connectivity index (χ0) is 11.5. The van der Waals surface area contributed by atoms with Gasteiger partial charge in [-0.15, -0.1) is 0 Å². The third-order valence-corrected chi connectivity index (χ3v) is 3.55. The summed E-state index contributed by atoms with van der Waals surface area (Å²) in [5.74, 6) is 0. The fraction of sp³-hybridized carbons (Fsp3) is 1.00. The van der Waals surface area contributed by atoms with Crippen molar-refractivity contribution in [2.45, 2.75) is 39.3 Å². The first-order valence-corrected chi connectivity index (χ1v) is 6.03. The van der Waals surface area contributed by atoms with E-state index in [2.05, 4.69) is 50.4 Å². The lowest BCUT2D eigenvalue weighted by atomic mass is 9.82. The highest BCUT2D eigenvalue weighted by molar-refractivity contribution is 4.87. The average Bonchev–Trinajstić information content (AvgIpc) is 2.14. The second-order valence-corrected chi connectivity index (χ2v) is 5.78. The van der Waals surface area contributed by atoms with Gasteiger partial charge in [-0.25, -0.2) is 0 Å². The van der Waals surface area contributed by atoms with Crippen LogP contribution in [0.25, 0.3) is 0 Å². The van der Waals surface area contributed by atoms with Crippen LogP contribution in [0.1, 0.15) is 27.2 Å². The third-order valence-electron chi connectivity index (χ3n) is 3.55. The fourth-order valence-electron chi connectivity index (χ4n) is 2.30. The van der Waals surface area contributed by atoms with Crippen LogP contribution in [-0.4, -0.2) is 50.7 Å². The van der Waals surface area contributed by atoms with E-state index in [0.717, 1.165) is 13.1 Å². The van der Waals surface area contributed by atoms with Gasteiger partial charge in [-0.1, -0.05) is 20.8 Å². The van der Waals surface area contributed by atoms with Crippen molar-refractivity contribution in [2.24, 2.45) is 5.41 Å². The smallest absolute Gasteiger partial charge is 0.0233 e. The normalized spacial score (nSPS) is 26.6. The van der Waals surface area contributed by atoms with Crippen LogP contribution in [0.5, 0.6) is 0 Å². The molecule has 0 aliphatic carbocycles. The topological polar surface area (TPSA) is 27.3 Å². The van der Waals surface area contributed by atoms with Gasteiger partial charge in [0.2, 0.25) is 0 Å². The standard InChI is InChI=1S/C12H27N3/c1-12(2,3)11(13-4)8-10-9-14-6-7-15(10)5/h10-11,13-14H,6-9H2,1-5H3. The van der Waals surface area contributed by atoms with Gasteiger partial charge in [0, 0.05) is 31.7 Å². The van der Waals surface area contributed by atoms with Crippen molar-refractivity contribution in [3.8, 4) is 0 Å². The summed E-state index contributed by atoms with van der Waals surface area (Å²) < 4.78 is 0. The molecular formula is C12H27N3. The zero-order valence-electron chi connectivity index (χ0n) is 10.9. The molecule has 90 valence electrons. The van der Waals surface area contributed by atoms with Crippen molar-refractivity contribution in [2.75, 3.05) is 33.7 Å². The van der Waals surface area contributed by atoms with Gasteiger partial charge in [-0.2, -0.15) is 0 Å². The molecule has 2 atom stereocenters. The molecule has 0 saturated carbocycles. The number of piperazine rings is 1. The van der Waals surface area contributed by atoms with E-state index >= 15 is 0 Å². The molecule has 0 radical (unpaired) electrons. The summed E-state index contributed by atoms with van der Waals surface area (Å²) >= 11 is 0. The maximum atomic E-state index is 3.48. The van der Waals surface area contributed by atoms with E-state index in [1.165, 1.54) is 13.0 Å². The molecule has 1 aliphatic rings. The van der Waals surface area contributed by atoms with Gasteiger partial charge >= 0.3 is 0 Å². The van der Waals surface area contributed by atoms with Gasteiger partial charge < -0.3 is 15.5 Å². The van der Waals surface area contributed by atoms with Crippen LogP contribution in [0, 0.1) is 5.41 Å². The van der Waals surface area contributed by atoms with Crippen LogP contribution in [0.3, 0.4) is 0 Å². The van der Waals surface area contributed by atoms with Crippen molar-refractivity contribution >= 4 is 0 Å². The molecule has 0 spiro atoms. The number of nitrogens with one attached hydrogen (secondary N) is 2. The SMILES string of the molecule is CNC(CC1CNCCN1C)C(C)(C)C. The second-order valence-electron chi connectivity index (χ2n) is 5.78. The van der Waals surface area contributed by atoms with E-state index in [0.29, 0.717) is 17.5 Å². The van der Waals surface area contributed by atoms with Crippen LogP contribution in [0.4, 0.5) is 0 Å². The number of rotatable bonds is 3. The molecule has 3 nitrogen and oxygen atoms in total. The number of hydrogen-bond acceptors (Lipinski definition) is 3. The molecule has 2 N–H and O–H groups in total. The van der Waals surface area contributed by atoms with Crippen LogP contribution >= 0.6 is 0 Å². The molecule has 1 fully saturated rings. The van der Waals surface area contributed by atoms with E-state index < -0.39 is 0 Å². The zero-order valence-corrected chi connectivity index (χ0v) is 10.9. The Bertz CT molecular complexity index is 186. The highest BCUT2D eigenvalue weighted by Gasteiger charge is 2.28. The quantitative estimate of drug-likeness (QED) is 0.730. The molecule has 1 aliphatic heterocycles. The van der Waals surface area contributed by atoms with Crippen LogP contribution < -0.4 is 10.6 Å². The molecule has 0 aromatic carbocycles. The first-order chi connectivity index (χ1) is 6.95. The molecule has 1 saturated heterocycles. The Morgan fingerprint density at radius 3 is 2.60 bits per heavy atom. The molecular weight excluding hydrogens is 186 g/mol. The van der Waals surface area contributed by atoms with Crippen molar-refractivity contribution in [3.05, 3.63) is 0 Å². The lowest BCUT2D eigenvalue weighted by molar-refractivity contribution is 0.148. The lowest BCUT2D eigenvalue weighted by Gasteiger charge is -2.39. The van der Waals surface area contributed by atoms with E-state index in [4.69, 9.17) is 0 Å². The summed E-state index contributed by atoms with van der Waals surface area (Å²) in [6.07, 6.45) is 1.23. The average molecular weight is 213 g/mol. The van der Waals surface area contributed by atoms with Crippen molar-refractivity contribution in [3.63, 3.8) is 0 Å². The van der Waals surface area contributed by atoms with Gasteiger partial charge in [0.05, 0.1) is 0 Å². The summed E-state index contributed by atoms with van der Waals surface area (Å²) in [6, 6.07) is 1.26. The highest BCUT2D eigenvalue weighted by atomic mass is 15.2. The largest absolute Gasteiger partial charge is 0.316 e. The lowest BCUT2D eigenvalue weighted by Crippen LogP contribution is -2.53. The predicted octanol–water partition coefficient (Wildman–Crippen LogP) is 0.914. The molecule has 3 heteroatoms. The molecule has 0 amide bonds. The first kappa shape index (κ1) is 12.9. The van der Waals surface area contributed by atoms with Crippen LogP contribution in [0.15, 0.2) is 0 Å². The summed E-state index contributed by atoms with van der Waals surface area (Å²) in [6.45, 7) is 10.4. The highest BCUT2D eigenvalue weighted by Crippen LogP contribution is 2.24. The molecule has 2 unspecified atom stereocenters. The Morgan fingerprint density at radius 2 is 2.13 bits per heavy atom. The summed E-state index contributed by atoms with van der Waals surface area (Å²) in [7, 11) is 4.31. The van der Waals surface area contributed by atoms with Crippen molar-refractivity contribution < 1.29 is 0 Å². The van der Waals surface area contributed by atoms with Crippen molar-refractivity contribution in [1.29, 1.82) is 0 Å². The summed E-state index contributed by atoms with van der Waals surface area (Å²) in [5, 5.41) is 6.93. The summed E-state index contributed by atoms with van der Waals surface area (Å²) in [4.78, 5) is 2.48. The van der Waals surface area contributed by atoms with E-state index in [1.807, 2.05) is 0 Å². The third kappa shape index (κ3) is 3.74. The van der Waals surface area contributed by atoms with Gasteiger partial charge in [-0.05, 0) is 25.9 Å². The maximum Gasteiger partial charge on any atom is 0.0233 e.